The lowest BCUT2D eigenvalue weighted by atomic mass is 9.87. The number of methoxy groups -OCH3 is 2. The Morgan fingerprint density at radius 1 is 0.969 bits per heavy atom. The van der Waals surface area contributed by atoms with Gasteiger partial charge in [0.05, 0.1) is 26.8 Å². The first kappa shape index (κ1) is 21.9. The van der Waals surface area contributed by atoms with Gasteiger partial charge in [0, 0.05) is 13.1 Å². The summed E-state index contributed by atoms with van der Waals surface area (Å²) in [6, 6.07) is 24.7. The van der Waals surface area contributed by atoms with Gasteiger partial charge in [0.15, 0.2) is 11.5 Å². The average Bonchev–Trinajstić information content (AvgIpc) is 2.84. The fourth-order valence-electron chi connectivity index (χ4n) is 4.43. The lowest BCUT2D eigenvalue weighted by Gasteiger charge is -2.37. The second kappa shape index (κ2) is 10.3. The molecule has 1 heterocycles. The van der Waals surface area contributed by atoms with Crippen LogP contribution in [0.4, 0.5) is 0 Å². The largest absolute Gasteiger partial charge is 0.493 e. The Balaban J connectivity index is 1.53. The molecule has 5 heteroatoms. The zero-order chi connectivity index (χ0) is 22.3. The Labute approximate surface area is 190 Å². The molecule has 0 aliphatic carbocycles. The predicted molar refractivity (Wildman–Crippen MR) is 126 cm³/mol. The topological polar surface area (TPSA) is 50.8 Å². The highest BCUT2D eigenvalue weighted by Crippen LogP contribution is 2.40. The molecular weight excluding hydrogens is 400 g/mol. The second-order valence-electron chi connectivity index (χ2n) is 8.03. The van der Waals surface area contributed by atoms with E-state index >= 15 is 0 Å². The lowest BCUT2D eigenvalue weighted by Crippen LogP contribution is -2.43. The average molecular weight is 431 g/mol. The van der Waals surface area contributed by atoms with Crippen molar-refractivity contribution in [2.45, 2.75) is 18.9 Å². The second-order valence-corrected chi connectivity index (χ2v) is 8.03. The van der Waals surface area contributed by atoms with Gasteiger partial charge in [0.2, 0.25) is 5.91 Å². The number of nitrogens with one attached hydrogen (secondary N) is 1. The Morgan fingerprint density at radius 3 is 2.31 bits per heavy atom. The van der Waals surface area contributed by atoms with Gasteiger partial charge in [-0.2, -0.15) is 0 Å². The molecular formula is C27H30N2O3. The third-order valence-electron chi connectivity index (χ3n) is 6.01. The van der Waals surface area contributed by atoms with Crippen molar-refractivity contribution < 1.29 is 14.3 Å². The molecule has 0 bridgehead atoms. The summed E-state index contributed by atoms with van der Waals surface area (Å²) >= 11 is 0. The van der Waals surface area contributed by atoms with Crippen LogP contribution in [0, 0.1) is 0 Å². The van der Waals surface area contributed by atoms with E-state index in [2.05, 4.69) is 46.6 Å². The molecule has 0 spiro atoms. The summed E-state index contributed by atoms with van der Waals surface area (Å²) in [4.78, 5) is 15.1. The molecule has 32 heavy (non-hydrogen) atoms. The lowest BCUT2D eigenvalue weighted by molar-refractivity contribution is -0.122. The summed E-state index contributed by atoms with van der Waals surface area (Å²) in [5.74, 6) is 1.50. The Morgan fingerprint density at radius 2 is 1.62 bits per heavy atom. The molecule has 0 saturated heterocycles. The van der Waals surface area contributed by atoms with Crippen molar-refractivity contribution in [1.82, 2.24) is 10.2 Å². The maximum absolute atomic E-state index is 12.8. The smallest absolute Gasteiger partial charge is 0.234 e. The molecule has 0 saturated carbocycles. The van der Waals surface area contributed by atoms with Crippen molar-refractivity contribution >= 4 is 5.91 Å². The summed E-state index contributed by atoms with van der Waals surface area (Å²) in [5, 5.41) is 3.09. The van der Waals surface area contributed by atoms with Crippen LogP contribution < -0.4 is 14.8 Å². The van der Waals surface area contributed by atoms with Crippen molar-refractivity contribution in [2.75, 3.05) is 33.9 Å². The van der Waals surface area contributed by atoms with Gasteiger partial charge in [-0.15, -0.1) is 0 Å². The van der Waals surface area contributed by atoms with Crippen LogP contribution in [0.3, 0.4) is 0 Å². The molecule has 1 aliphatic heterocycles. The molecule has 1 unspecified atom stereocenters. The summed E-state index contributed by atoms with van der Waals surface area (Å²) in [5.41, 5.74) is 4.79. The Hall–Kier alpha value is -3.31. The standard InChI is InChI=1S/C27H30N2O3/c1-31-24-17-22-14-16-29(19-26(30)28-15-13-20-9-5-3-6-10-20)27(21-11-7-4-8-12-21)23(22)18-25(24)32-2/h3-12,17-18,27H,13-16,19H2,1-2H3,(H,28,30). The zero-order valence-corrected chi connectivity index (χ0v) is 18.7. The molecule has 1 N–H and O–H groups in total. The van der Waals surface area contributed by atoms with Crippen molar-refractivity contribution in [3.63, 3.8) is 0 Å². The number of fused-ring (bicyclic) bond motifs is 1. The van der Waals surface area contributed by atoms with E-state index in [0.717, 1.165) is 36.3 Å². The summed E-state index contributed by atoms with van der Waals surface area (Å²) < 4.78 is 11.1. The van der Waals surface area contributed by atoms with Crippen LogP contribution in [0.1, 0.15) is 28.3 Å². The molecule has 0 radical (unpaired) electrons. The highest BCUT2D eigenvalue weighted by molar-refractivity contribution is 5.78. The molecule has 166 valence electrons. The van der Waals surface area contributed by atoms with Crippen molar-refractivity contribution in [1.29, 1.82) is 0 Å². The molecule has 0 aromatic heterocycles. The van der Waals surface area contributed by atoms with Crippen molar-refractivity contribution in [2.24, 2.45) is 0 Å². The van der Waals surface area contributed by atoms with Gasteiger partial charge in [-0.05, 0) is 47.2 Å². The van der Waals surface area contributed by atoms with Gasteiger partial charge in [0.1, 0.15) is 0 Å². The highest BCUT2D eigenvalue weighted by atomic mass is 16.5. The van der Waals surface area contributed by atoms with Gasteiger partial charge < -0.3 is 14.8 Å². The number of nitrogens with zero attached hydrogens (tertiary/aromatic N) is 1. The van der Waals surface area contributed by atoms with Crippen LogP contribution in [0.25, 0.3) is 0 Å². The predicted octanol–water partition coefficient (Wildman–Crippen LogP) is 4.01. The van der Waals surface area contributed by atoms with Gasteiger partial charge in [-0.25, -0.2) is 0 Å². The third kappa shape index (κ3) is 4.94. The number of ether oxygens (including phenoxy) is 2. The SMILES string of the molecule is COc1cc2c(cc1OC)C(c1ccccc1)N(CC(=O)NCCc1ccccc1)CC2. The van der Waals surface area contributed by atoms with Gasteiger partial charge in [-0.3, -0.25) is 9.69 Å². The van der Waals surface area contributed by atoms with E-state index in [-0.39, 0.29) is 11.9 Å². The van der Waals surface area contributed by atoms with E-state index in [4.69, 9.17) is 9.47 Å². The minimum Gasteiger partial charge on any atom is -0.493 e. The van der Waals surface area contributed by atoms with Crippen molar-refractivity contribution in [3.05, 3.63) is 95.1 Å². The van der Waals surface area contributed by atoms with E-state index in [1.807, 2.05) is 36.4 Å². The maximum Gasteiger partial charge on any atom is 0.234 e. The van der Waals surface area contributed by atoms with E-state index < -0.39 is 0 Å². The minimum absolute atomic E-state index is 0.0142. The van der Waals surface area contributed by atoms with E-state index in [1.54, 1.807) is 14.2 Å². The fraction of sp³-hybridized carbons (Fsp3) is 0.296. The van der Waals surface area contributed by atoms with Crippen molar-refractivity contribution in [3.8, 4) is 11.5 Å². The van der Waals surface area contributed by atoms with Crippen LogP contribution in [0.5, 0.6) is 11.5 Å². The van der Waals surface area contributed by atoms with Gasteiger partial charge in [0.25, 0.3) is 0 Å². The third-order valence-corrected chi connectivity index (χ3v) is 6.01. The first-order chi connectivity index (χ1) is 15.7. The normalized spacial score (nSPS) is 15.6. The first-order valence-corrected chi connectivity index (χ1v) is 11.0. The van der Waals surface area contributed by atoms with Crippen LogP contribution in [-0.4, -0.2) is 44.7 Å². The molecule has 1 aliphatic rings. The summed E-state index contributed by atoms with van der Waals surface area (Å²) in [6.45, 7) is 1.78. The van der Waals surface area contributed by atoms with Gasteiger partial charge in [-0.1, -0.05) is 60.7 Å². The van der Waals surface area contributed by atoms with E-state index in [0.29, 0.717) is 18.8 Å². The molecule has 1 amide bonds. The number of hydrogen-bond acceptors (Lipinski definition) is 4. The Kier molecular flexibility index (Phi) is 7.07. The molecule has 3 aromatic carbocycles. The molecule has 5 nitrogen and oxygen atoms in total. The zero-order valence-electron chi connectivity index (χ0n) is 18.7. The number of carbonyl (C=O) groups is 1. The number of hydrogen-bond donors (Lipinski definition) is 1. The minimum atomic E-state index is -0.0142. The number of rotatable bonds is 8. The quantitative estimate of drug-likeness (QED) is 0.587. The molecule has 1 atom stereocenters. The first-order valence-electron chi connectivity index (χ1n) is 11.0. The van der Waals surface area contributed by atoms with E-state index in [9.17, 15) is 4.79 Å². The van der Waals surface area contributed by atoms with E-state index in [1.165, 1.54) is 11.1 Å². The maximum atomic E-state index is 12.8. The van der Waals surface area contributed by atoms with Crippen LogP contribution in [0.2, 0.25) is 0 Å². The fourth-order valence-corrected chi connectivity index (χ4v) is 4.43. The number of carbonyl (C=O) groups excluding carboxylic acids is 1. The summed E-state index contributed by atoms with van der Waals surface area (Å²) in [6.07, 6.45) is 1.69. The summed E-state index contributed by atoms with van der Waals surface area (Å²) in [7, 11) is 3.32. The molecule has 4 rings (SSSR count). The number of amides is 1. The Bertz CT molecular complexity index is 1040. The van der Waals surface area contributed by atoms with Crippen LogP contribution in [-0.2, 0) is 17.6 Å². The highest BCUT2D eigenvalue weighted by Gasteiger charge is 2.31. The number of benzene rings is 3. The van der Waals surface area contributed by atoms with Crippen LogP contribution >= 0.6 is 0 Å². The van der Waals surface area contributed by atoms with Gasteiger partial charge >= 0.3 is 0 Å². The van der Waals surface area contributed by atoms with Crippen LogP contribution in [0.15, 0.2) is 72.8 Å². The molecule has 3 aromatic rings. The molecule has 0 fully saturated rings. The monoisotopic (exact) mass is 430 g/mol.